The molecule has 1 spiro atoms. The number of halogens is 1. The molecule has 1 aromatic rings. The van der Waals surface area contributed by atoms with Crippen LogP contribution in [0.1, 0.15) is 39.2 Å². The zero-order valence-corrected chi connectivity index (χ0v) is 19.1. The van der Waals surface area contributed by atoms with Crippen LogP contribution in [0.4, 0.5) is 14.9 Å². The average Bonchev–Trinajstić information content (AvgIpc) is 2.88. The minimum absolute atomic E-state index is 0.0120. The summed E-state index contributed by atoms with van der Waals surface area (Å²) in [7, 11) is -0.851. The van der Waals surface area contributed by atoms with E-state index in [0.717, 1.165) is 6.07 Å². The van der Waals surface area contributed by atoms with E-state index in [1.54, 1.807) is 27.8 Å². The van der Waals surface area contributed by atoms with E-state index in [0.29, 0.717) is 5.69 Å². The molecule has 0 saturated carbocycles. The van der Waals surface area contributed by atoms with Crippen LogP contribution >= 0.6 is 0 Å². The zero-order valence-electron chi connectivity index (χ0n) is 18.3. The van der Waals surface area contributed by atoms with Crippen molar-refractivity contribution in [2.45, 2.75) is 44.6 Å². The standard InChI is InChI=1S/C20H28FN3O6S/c1-19(2,3)30-18(26)24-8-6-20(7-9-24)16-14(21)10-13(29-12-31(27,28)22-4)11-15(16)23(5)17(20)25/h10-11,22H,6-9,12H2,1-5H3. The van der Waals surface area contributed by atoms with Crippen molar-refractivity contribution < 1.29 is 31.9 Å². The van der Waals surface area contributed by atoms with Crippen molar-refractivity contribution in [3.63, 3.8) is 0 Å². The fraction of sp³-hybridized carbons (Fsp3) is 0.600. The lowest BCUT2D eigenvalue weighted by atomic mass is 9.73. The van der Waals surface area contributed by atoms with Crippen molar-refractivity contribution in [3.05, 3.63) is 23.5 Å². The van der Waals surface area contributed by atoms with Gasteiger partial charge in [0.25, 0.3) is 0 Å². The van der Waals surface area contributed by atoms with E-state index < -0.39 is 38.9 Å². The first kappa shape index (κ1) is 23.3. The van der Waals surface area contributed by atoms with Crippen LogP contribution in [0, 0.1) is 5.82 Å². The third kappa shape index (κ3) is 4.47. The largest absolute Gasteiger partial charge is 0.476 e. The molecule has 0 atom stereocenters. The highest BCUT2D eigenvalue weighted by Crippen LogP contribution is 2.50. The Morgan fingerprint density at radius 2 is 1.87 bits per heavy atom. The minimum atomic E-state index is -3.65. The van der Waals surface area contributed by atoms with Gasteiger partial charge in [-0.2, -0.15) is 0 Å². The Balaban J connectivity index is 1.85. The van der Waals surface area contributed by atoms with E-state index in [2.05, 4.69) is 4.72 Å². The molecular formula is C20H28FN3O6S. The molecule has 1 fully saturated rings. The number of amides is 2. The highest BCUT2D eigenvalue weighted by Gasteiger charge is 2.53. The normalized spacial score (nSPS) is 18.3. The first-order valence-electron chi connectivity index (χ1n) is 9.94. The number of piperidine rings is 1. The Labute approximate surface area is 181 Å². The summed E-state index contributed by atoms with van der Waals surface area (Å²) >= 11 is 0. The molecule has 2 amide bonds. The topological polar surface area (TPSA) is 105 Å². The van der Waals surface area contributed by atoms with Gasteiger partial charge in [0.15, 0.2) is 0 Å². The Kier molecular flexibility index (Phi) is 5.96. The summed E-state index contributed by atoms with van der Waals surface area (Å²) in [6.45, 7) is 5.84. The van der Waals surface area contributed by atoms with Crippen LogP contribution in [0.2, 0.25) is 0 Å². The second-order valence-electron chi connectivity index (χ2n) is 8.79. The lowest BCUT2D eigenvalue weighted by molar-refractivity contribution is -0.124. The molecule has 1 N–H and O–H groups in total. The highest BCUT2D eigenvalue weighted by atomic mass is 32.2. The van der Waals surface area contributed by atoms with Gasteiger partial charge >= 0.3 is 6.09 Å². The SMILES string of the molecule is CNS(=O)(=O)COc1cc(F)c2c(c1)N(C)C(=O)C21CCN(C(=O)OC(C)(C)C)CC1. The number of nitrogens with one attached hydrogen (secondary N) is 1. The van der Waals surface area contributed by atoms with Crippen LogP contribution < -0.4 is 14.4 Å². The molecule has 11 heteroatoms. The van der Waals surface area contributed by atoms with Crippen molar-refractivity contribution in [3.8, 4) is 5.75 Å². The lowest BCUT2D eigenvalue weighted by Gasteiger charge is -2.38. The molecule has 2 aliphatic rings. The molecule has 172 valence electrons. The number of nitrogens with zero attached hydrogens (tertiary/aromatic N) is 2. The van der Waals surface area contributed by atoms with Crippen molar-refractivity contribution in [1.82, 2.24) is 9.62 Å². The van der Waals surface area contributed by atoms with Crippen molar-refractivity contribution in [2.75, 3.05) is 38.0 Å². The van der Waals surface area contributed by atoms with Gasteiger partial charge < -0.3 is 19.3 Å². The van der Waals surface area contributed by atoms with Gasteiger partial charge in [-0.05, 0) is 40.7 Å². The number of fused-ring (bicyclic) bond motifs is 2. The van der Waals surface area contributed by atoms with Gasteiger partial charge in [0.2, 0.25) is 21.9 Å². The van der Waals surface area contributed by atoms with Gasteiger partial charge in [-0.3, -0.25) is 4.79 Å². The first-order valence-corrected chi connectivity index (χ1v) is 11.6. The molecule has 3 rings (SSSR count). The third-order valence-corrected chi connectivity index (χ3v) is 6.61. The van der Waals surface area contributed by atoms with Crippen LogP contribution in [0.25, 0.3) is 0 Å². The van der Waals surface area contributed by atoms with E-state index in [1.165, 1.54) is 22.9 Å². The predicted molar refractivity (Wildman–Crippen MR) is 112 cm³/mol. The number of hydrogen-bond acceptors (Lipinski definition) is 6. The number of ether oxygens (including phenoxy) is 2. The molecule has 0 bridgehead atoms. The lowest BCUT2D eigenvalue weighted by Crippen LogP contribution is -2.50. The second kappa shape index (κ2) is 7.94. The number of likely N-dealkylation sites (tertiary alicyclic amines) is 1. The monoisotopic (exact) mass is 457 g/mol. The summed E-state index contributed by atoms with van der Waals surface area (Å²) in [4.78, 5) is 28.4. The molecule has 9 nitrogen and oxygen atoms in total. The van der Waals surface area contributed by atoms with E-state index in [1.807, 2.05) is 0 Å². The number of hydrogen-bond donors (Lipinski definition) is 1. The fourth-order valence-corrected chi connectivity index (χ4v) is 4.40. The molecule has 1 saturated heterocycles. The number of sulfonamides is 1. The third-order valence-electron chi connectivity index (χ3n) is 5.56. The molecule has 0 unspecified atom stereocenters. The molecule has 1 aromatic carbocycles. The maximum atomic E-state index is 15.2. The molecule has 0 aliphatic carbocycles. The van der Waals surface area contributed by atoms with Crippen LogP contribution in [0.3, 0.4) is 0 Å². The molecule has 0 radical (unpaired) electrons. The van der Waals surface area contributed by atoms with Crippen LogP contribution in [0.5, 0.6) is 5.75 Å². The van der Waals surface area contributed by atoms with Gasteiger partial charge in [0, 0.05) is 37.8 Å². The highest BCUT2D eigenvalue weighted by molar-refractivity contribution is 7.89. The first-order chi connectivity index (χ1) is 14.3. The van der Waals surface area contributed by atoms with Gasteiger partial charge in [-0.25, -0.2) is 22.3 Å². The number of carbonyl (C=O) groups is 2. The number of rotatable bonds is 4. The summed E-state index contributed by atoms with van der Waals surface area (Å²) in [6, 6.07) is 2.56. The van der Waals surface area contributed by atoms with Crippen molar-refractivity contribution >= 4 is 27.7 Å². The summed E-state index contributed by atoms with van der Waals surface area (Å²) in [5.74, 6) is -1.56. The molecule has 0 aromatic heterocycles. The van der Waals surface area contributed by atoms with Gasteiger partial charge in [-0.15, -0.1) is 0 Å². The van der Waals surface area contributed by atoms with Gasteiger partial charge in [0.05, 0.1) is 11.1 Å². The number of likely N-dealkylation sites (N-methyl/N-ethyl adjacent to an activating group) is 1. The zero-order chi connectivity index (χ0) is 23.2. The summed E-state index contributed by atoms with van der Waals surface area (Å²) in [6.07, 6.45) is 0.0535. The maximum Gasteiger partial charge on any atom is 0.410 e. The van der Waals surface area contributed by atoms with E-state index in [-0.39, 0.29) is 43.2 Å². The number of carbonyl (C=O) groups excluding carboxylic acids is 2. The van der Waals surface area contributed by atoms with E-state index in [4.69, 9.17) is 9.47 Å². The van der Waals surface area contributed by atoms with E-state index >= 15 is 4.39 Å². The molecule has 2 heterocycles. The molecular weight excluding hydrogens is 429 g/mol. The Morgan fingerprint density at radius 3 is 2.42 bits per heavy atom. The van der Waals surface area contributed by atoms with E-state index in [9.17, 15) is 18.0 Å². The number of benzene rings is 1. The van der Waals surface area contributed by atoms with Gasteiger partial charge in [0.1, 0.15) is 17.2 Å². The average molecular weight is 458 g/mol. The maximum absolute atomic E-state index is 15.2. The predicted octanol–water partition coefficient (Wildman–Crippen LogP) is 1.96. The minimum Gasteiger partial charge on any atom is -0.476 e. The molecule has 31 heavy (non-hydrogen) atoms. The Hall–Kier alpha value is -2.40. The number of anilines is 1. The Bertz CT molecular complexity index is 997. The van der Waals surface area contributed by atoms with Gasteiger partial charge in [-0.1, -0.05) is 0 Å². The van der Waals surface area contributed by atoms with Crippen LogP contribution in [0.15, 0.2) is 12.1 Å². The smallest absolute Gasteiger partial charge is 0.410 e. The summed E-state index contributed by atoms with van der Waals surface area (Å²) in [5.41, 5.74) is -1.12. The van der Waals surface area contributed by atoms with Crippen molar-refractivity contribution in [1.29, 1.82) is 0 Å². The summed E-state index contributed by atoms with van der Waals surface area (Å²) < 4.78 is 51.1. The quantitative estimate of drug-likeness (QED) is 0.741. The summed E-state index contributed by atoms with van der Waals surface area (Å²) in [5, 5.41) is 0. The van der Waals surface area contributed by atoms with Crippen molar-refractivity contribution in [2.24, 2.45) is 0 Å². The van der Waals surface area contributed by atoms with Crippen LogP contribution in [-0.4, -0.2) is 64.0 Å². The van der Waals surface area contributed by atoms with Crippen LogP contribution in [-0.2, 0) is 25.0 Å². The fourth-order valence-electron chi connectivity index (χ4n) is 3.99. The molecule has 2 aliphatic heterocycles. The Morgan fingerprint density at radius 1 is 1.26 bits per heavy atom. The second-order valence-corrected chi connectivity index (χ2v) is 10.7.